The topological polar surface area (TPSA) is 21.3 Å². The predicted molar refractivity (Wildman–Crippen MR) is 63.1 cm³/mol. The fourth-order valence-electron chi connectivity index (χ4n) is 1.66. The van der Waals surface area contributed by atoms with Crippen LogP contribution in [0.4, 0.5) is 13.2 Å². The largest absolute Gasteiger partial charge is 0.389 e. The molecule has 2 nitrogen and oxygen atoms in total. The van der Waals surface area contributed by atoms with Gasteiger partial charge in [0.2, 0.25) is 0 Å². The van der Waals surface area contributed by atoms with Gasteiger partial charge in [0, 0.05) is 19.6 Å². The van der Waals surface area contributed by atoms with Crippen molar-refractivity contribution < 1.29 is 17.9 Å². The normalized spacial score (nSPS) is 15.0. The first-order chi connectivity index (χ1) is 7.73. The van der Waals surface area contributed by atoms with Crippen LogP contribution in [0.25, 0.3) is 0 Å². The van der Waals surface area contributed by atoms with Gasteiger partial charge in [0.15, 0.2) is 0 Å². The molecule has 0 aliphatic rings. The molecule has 0 bridgehead atoms. The van der Waals surface area contributed by atoms with Gasteiger partial charge in [-0.05, 0) is 39.7 Å². The maximum Gasteiger partial charge on any atom is 0.389 e. The van der Waals surface area contributed by atoms with Gasteiger partial charge in [-0.25, -0.2) is 0 Å². The summed E-state index contributed by atoms with van der Waals surface area (Å²) in [5.74, 6) is 0. The molecule has 0 aromatic rings. The second kappa shape index (κ2) is 7.21. The highest BCUT2D eigenvalue weighted by Crippen LogP contribution is 2.25. The lowest BCUT2D eigenvalue weighted by molar-refractivity contribution is -0.136. The van der Waals surface area contributed by atoms with E-state index in [1.165, 1.54) is 0 Å². The summed E-state index contributed by atoms with van der Waals surface area (Å²) in [4.78, 5) is 0. The number of nitrogens with one attached hydrogen (secondary N) is 1. The molecule has 0 saturated carbocycles. The zero-order valence-corrected chi connectivity index (χ0v) is 11.2. The zero-order valence-electron chi connectivity index (χ0n) is 11.2. The van der Waals surface area contributed by atoms with Crippen LogP contribution in [0.15, 0.2) is 0 Å². The molecular formula is C12H24F3NO. The Balaban J connectivity index is 4.20. The number of hydrogen-bond donors (Lipinski definition) is 1. The first-order valence-electron chi connectivity index (χ1n) is 6.08. The highest BCUT2D eigenvalue weighted by atomic mass is 19.4. The maximum atomic E-state index is 12.1. The van der Waals surface area contributed by atoms with Crippen molar-refractivity contribution in [1.29, 1.82) is 0 Å². The fraction of sp³-hybridized carbons (Fsp3) is 1.00. The average Bonchev–Trinajstić information content (AvgIpc) is 2.21. The molecule has 1 N–H and O–H groups in total. The molecule has 104 valence electrons. The minimum absolute atomic E-state index is 0.0465. The SMILES string of the molecule is CCCNC(CCCC(F)(F)F)C(C)(C)OC. The van der Waals surface area contributed by atoms with E-state index in [0.717, 1.165) is 13.0 Å². The van der Waals surface area contributed by atoms with Crippen LogP contribution in [0.1, 0.15) is 46.5 Å². The van der Waals surface area contributed by atoms with Crippen molar-refractivity contribution in [2.75, 3.05) is 13.7 Å². The van der Waals surface area contributed by atoms with Crippen molar-refractivity contribution in [1.82, 2.24) is 5.32 Å². The number of methoxy groups -OCH3 is 1. The number of halogens is 3. The average molecular weight is 255 g/mol. The second-order valence-corrected chi connectivity index (χ2v) is 4.82. The summed E-state index contributed by atoms with van der Waals surface area (Å²) in [5, 5.41) is 3.25. The third kappa shape index (κ3) is 7.60. The molecule has 1 unspecified atom stereocenters. The highest BCUT2D eigenvalue weighted by Gasteiger charge is 2.31. The lowest BCUT2D eigenvalue weighted by Crippen LogP contribution is -2.48. The second-order valence-electron chi connectivity index (χ2n) is 4.82. The van der Waals surface area contributed by atoms with Crippen LogP contribution in [0.3, 0.4) is 0 Å². The van der Waals surface area contributed by atoms with Crippen LogP contribution >= 0.6 is 0 Å². The summed E-state index contributed by atoms with van der Waals surface area (Å²) in [7, 11) is 1.59. The summed E-state index contributed by atoms with van der Waals surface area (Å²) in [6.07, 6.45) is -3.22. The van der Waals surface area contributed by atoms with Crippen LogP contribution in [0, 0.1) is 0 Å². The molecule has 0 aliphatic heterocycles. The van der Waals surface area contributed by atoms with Crippen LogP contribution in [-0.4, -0.2) is 31.5 Å². The molecule has 0 radical (unpaired) electrons. The Hall–Kier alpha value is -0.290. The maximum absolute atomic E-state index is 12.1. The predicted octanol–water partition coefficient (Wildman–Crippen LogP) is 3.51. The van der Waals surface area contributed by atoms with Crippen LogP contribution in [0.2, 0.25) is 0 Å². The van der Waals surface area contributed by atoms with Crippen LogP contribution in [-0.2, 0) is 4.74 Å². The molecule has 0 aromatic carbocycles. The molecule has 0 aliphatic carbocycles. The first kappa shape index (κ1) is 16.7. The van der Waals surface area contributed by atoms with Gasteiger partial charge in [-0.15, -0.1) is 0 Å². The Morgan fingerprint density at radius 3 is 2.24 bits per heavy atom. The Kier molecular flexibility index (Phi) is 7.09. The van der Waals surface area contributed by atoms with Crippen LogP contribution < -0.4 is 5.32 Å². The monoisotopic (exact) mass is 255 g/mol. The molecule has 0 spiro atoms. The van der Waals surface area contributed by atoms with E-state index >= 15 is 0 Å². The van der Waals surface area contributed by atoms with Crippen molar-refractivity contribution in [3.63, 3.8) is 0 Å². The number of ether oxygens (including phenoxy) is 1. The Morgan fingerprint density at radius 2 is 1.82 bits per heavy atom. The van der Waals surface area contributed by atoms with Gasteiger partial charge < -0.3 is 10.1 Å². The van der Waals surface area contributed by atoms with E-state index in [-0.39, 0.29) is 12.5 Å². The Morgan fingerprint density at radius 1 is 1.24 bits per heavy atom. The van der Waals surface area contributed by atoms with Crippen LogP contribution in [0.5, 0.6) is 0 Å². The summed E-state index contributed by atoms with van der Waals surface area (Å²) < 4.78 is 41.6. The molecule has 0 saturated heterocycles. The molecule has 1 atom stereocenters. The van der Waals surface area contributed by atoms with Gasteiger partial charge in [-0.3, -0.25) is 0 Å². The van der Waals surface area contributed by atoms with Crippen molar-refractivity contribution in [3.05, 3.63) is 0 Å². The van der Waals surface area contributed by atoms with Gasteiger partial charge in [-0.1, -0.05) is 6.92 Å². The summed E-state index contributed by atoms with van der Waals surface area (Å²) >= 11 is 0. The van der Waals surface area contributed by atoms with Gasteiger partial charge in [0.1, 0.15) is 0 Å². The molecule has 5 heteroatoms. The van der Waals surface area contributed by atoms with Gasteiger partial charge in [0.05, 0.1) is 5.60 Å². The Labute approximate surface area is 102 Å². The number of hydrogen-bond acceptors (Lipinski definition) is 2. The minimum atomic E-state index is -4.06. The molecule has 0 rings (SSSR count). The van der Waals surface area contributed by atoms with E-state index in [1.54, 1.807) is 7.11 Å². The van der Waals surface area contributed by atoms with Gasteiger partial charge >= 0.3 is 6.18 Å². The molecule has 0 amide bonds. The molecule has 17 heavy (non-hydrogen) atoms. The van der Waals surface area contributed by atoms with E-state index in [4.69, 9.17) is 4.74 Å². The summed E-state index contributed by atoms with van der Waals surface area (Å²) in [5.41, 5.74) is -0.444. The van der Waals surface area contributed by atoms with E-state index in [2.05, 4.69) is 5.32 Å². The third-order valence-corrected chi connectivity index (χ3v) is 2.96. The molecular weight excluding hydrogens is 231 g/mol. The summed E-state index contributed by atoms with van der Waals surface area (Å²) in [6, 6.07) is -0.0465. The lowest BCUT2D eigenvalue weighted by Gasteiger charge is -2.34. The van der Waals surface area contributed by atoms with Gasteiger partial charge in [-0.2, -0.15) is 13.2 Å². The number of alkyl halides is 3. The van der Waals surface area contributed by atoms with E-state index in [0.29, 0.717) is 6.42 Å². The van der Waals surface area contributed by atoms with E-state index in [9.17, 15) is 13.2 Å². The minimum Gasteiger partial charge on any atom is -0.377 e. The van der Waals surface area contributed by atoms with Crippen molar-refractivity contribution in [2.45, 2.75) is 64.3 Å². The van der Waals surface area contributed by atoms with Crippen molar-refractivity contribution >= 4 is 0 Å². The molecule has 0 aromatic heterocycles. The van der Waals surface area contributed by atoms with Crippen molar-refractivity contribution in [2.24, 2.45) is 0 Å². The quantitative estimate of drug-likeness (QED) is 0.716. The van der Waals surface area contributed by atoms with Crippen molar-refractivity contribution in [3.8, 4) is 0 Å². The molecule has 0 fully saturated rings. The zero-order chi connectivity index (χ0) is 13.5. The molecule has 0 heterocycles. The van der Waals surface area contributed by atoms with E-state index in [1.807, 2.05) is 20.8 Å². The van der Waals surface area contributed by atoms with Gasteiger partial charge in [0.25, 0.3) is 0 Å². The smallest absolute Gasteiger partial charge is 0.377 e. The first-order valence-corrected chi connectivity index (χ1v) is 6.08. The highest BCUT2D eigenvalue weighted by molar-refractivity contribution is 4.85. The standard InChI is InChI=1S/C12H24F3NO/c1-5-9-16-10(11(2,3)17-4)7-6-8-12(13,14)15/h10,16H,5-9H2,1-4H3. The fourth-order valence-corrected chi connectivity index (χ4v) is 1.66. The lowest BCUT2D eigenvalue weighted by atomic mass is 9.93. The number of rotatable bonds is 8. The Bertz CT molecular complexity index is 204. The summed E-state index contributed by atoms with van der Waals surface area (Å²) in [6.45, 7) is 6.62. The van der Waals surface area contributed by atoms with E-state index < -0.39 is 18.2 Å². The third-order valence-electron chi connectivity index (χ3n) is 2.96.